The third kappa shape index (κ3) is 1.76. The maximum atomic E-state index is 13.8. The van der Waals surface area contributed by atoms with Crippen LogP contribution in [-0.2, 0) is 0 Å². The van der Waals surface area contributed by atoms with E-state index < -0.39 is 11.8 Å². The third-order valence-electron chi connectivity index (χ3n) is 2.57. The summed E-state index contributed by atoms with van der Waals surface area (Å²) in [6.45, 7) is 3.41. The highest BCUT2D eigenvalue weighted by Gasteiger charge is 2.21. The van der Waals surface area contributed by atoms with E-state index in [9.17, 15) is 8.78 Å². The zero-order valence-corrected chi connectivity index (χ0v) is 9.70. The molecule has 1 aliphatic heterocycles. The average Bonchev–Trinajstić information content (AvgIpc) is 2.55. The van der Waals surface area contributed by atoms with E-state index in [4.69, 9.17) is 11.6 Å². The highest BCUT2D eigenvalue weighted by atomic mass is 35.5. The Kier molecular flexibility index (Phi) is 2.80. The highest BCUT2D eigenvalue weighted by molar-refractivity contribution is 6.31. The van der Waals surface area contributed by atoms with E-state index in [1.165, 1.54) is 0 Å². The zero-order valence-electron chi connectivity index (χ0n) is 8.94. The van der Waals surface area contributed by atoms with Crippen molar-refractivity contribution in [1.82, 2.24) is 0 Å². The van der Waals surface area contributed by atoms with Crippen LogP contribution in [0.15, 0.2) is 23.1 Å². The number of halogens is 3. The molecule has 0 fully saturated rings. The predicted octanol–water partition coefficient (Wildman–Crippen LogP) is 4.29. The Bertz CT molecular complexity index is 518. The Hall–Kier alpha value is -1.22. The predicted molar refractivity (Wildman–Crippen MR) is 61.9 cm³/mol. The number of aliphatic imine (C=N–C) groups is 1. The first kappa shape index (κ1) is 11.3. The number of rotatable bonds is 1. The summed E-state index contributed by atoms with van der Waals surface area (Å²) >= 11 is 5.79. The zero-order chi connectivity index (χ0) is 11.9. The van der Waals surface area contributed by atoms with Gasteiger partial charge in [0.25, 0.3) is 0 Å². The lowest BCUT2D eigenvalue weighted by Gasteiger charge is -2.07. The lowest BCUT2D eigenvalue weighted by atomic mass is 10.0. The van der Waals surface area contributed by atoms with Gasteiger partial charge in [-0.2, -0.15) is 4.39 Å². The van der Waals surface area contributed by atoms with E-state index in [-0.39, 0.29) is 16.2 Å². The van der Waals surface area contributed by atoms with Crippen LogP contribution in [0, 0.1) is 12.7 Å². The fraction of sp³-hybridized carbons (Fsp3) is 0.250. The third-order valence-corrected chi connectivity index (χ3v) is 3.04. The number of aryl methyl sites for hydroxylation is 1. The van der Waals surface area contributed by atoms with Crippen LogP contribution >= 0.6 is 11.6 Å². The number of allylic oxidation sites excluding steroid dienone is 1. The Balaban J connectivity index is 2.52. The van der Waals surface area contributed by atoms with Gasteiger partial charge >= 0.3 is 0 Å². The number of hydrogen-bond acceptors (Lipinski definition) is 1. The quantitative estimate of drug-likeness (QED) is 0.651. The first-order chi connectivity index (χ1) is 7.50. The van der Waals surface area contributed by atoms with E-state index in [2.05, 4.69) is 4.99 Å². The summed E-state index contributed by atoms with van der Waals surface area (Å²) in [5.74, 6) is -1.19. The van der Waals surface area contributed by atoms with Crippen molar-refractivity contribution in [2.45, 2.75) is 20.3 Å². The molecule has 0 saturated heterocycles. The first-order valence-electron chi connectivity index (χ1n) is 4.88. The molecule has 2 rings (SSSR count). The molecule has 84 valence electrons. The second-order valence-corrected chi connectivity index (χ2v) is 4.23. The molecule has 4 heteroatoms. The normalized spacial score (nSPS) is 15.7. The number of nitrogens with zero attached hydrogens (tertiary/aromatic N) is 1. The molecule has 1 heterocycles. The fourth-order valence-electron chi connectivity index (χ4n) is 1.69. The molecule has 0 aromatic heterocycles. The van der Waals surface area contributed by atoms with Gasteiger partial charge in [0.05, 0.1) is 5.02 Å². The molecule has 0 N–H and O–H groups in total. The molecule has 1 aromatic rings. The summed E-state index contributed by atoms with van der Waals surface area (Å²) < 4.78 is 27.2. The molecule has 0 spiro atoms. The van der Waals surface area contributed by atoms with Gasteiger partial charge in [-0.3, -0.25) is 0 Å². The molecule has 1 aromatic carbocycles. The molecule has 0 amide bonds. The van der Waals surface area contributed by atoms with Crippen molar-refractivity contribution in [3.8, 4) is 0 Å². The molecule has 16 heavy (non-hydrogen) atoms. The summed E-state index contributed by atoms with van der Waals surface area (Å²) in [5.41, 5.74) is 1.76. The first-order valence-corrected chi connectivity index (χ1v) is 5.26. The van der Waals surface area contributed by atoms with Gasteiger partial charge in [0.15, 0.2) is 0 Å². The number of hydrogen-bond donors (Lipinski definition) is 0. The van der Waals surface area contributed by atoms with Crippen molar-refractivity contribution >= 4 is 22.9 Å². The van der Waals surface area contributed by atoms with Gasteiger partial charge < -0.3 is 0 Å². The topological polar surface area (TPSA) is 12.4 Å². The van der Waals surface area contributed by atoms with Gasteiger partial charge in [0.1, 0.15) is 5.82 Å². The lowest BCUT2D eigenvalue weighted by Crippen LogP contribution is -1.94. The monoisotopic (exact) mass is 241 g/mol. The Morgan fingerprint density at radius 2 is 1.94 bits per heavy atom. The van der Waals surface area contributed by atoms with E-state index in [1.54, 1.807) is 26.0 Å². The van der Waals surface area contributed by atoms with Crippen molar-refractivity contribution in [3.05, 3.63) is 40.1 Å². The molecule has 1 nitrogen and oxygen atoms in total. The van der Waals surface area contributed by atoms with Crippen molar-refractivity contribution in [3.63, 3.8) is 0 Å². The van der Waals surface area contributed by atoms with Crippen LogP contribution in [0.2, 0.25) is 5.02 Å². The SMILES string of the molecule is CC1=NC(F)=C(c2ccc(C)c(Cl)c2F)C1. The molecular formula is C12H10ClF2N. The summed E-state index contributed by atoms with van der Waals surface area (Å²) in [4.78, 5) is 3.66. The summed E-state index contributed by atoms with van der Waals surface area (Å²) in [6, 6.07) is 3.22. The van der Waals surface area contributed by atoms with Crippen LogP contribution in [0.4, 0.5) is 8.78 Å². The van der Waals surface area contributed by atoms with E-state index in [1.807, 2.05) is 0 Å². The Morgan fingerprint density at radius 1 is 1.25 bits per heavy atom. The minimum absolute atomic E-state index is 0.0438. The Morgan fingerprint density at radius 3 is 2.50 bits per heavy atom. The van der Waals surface area contributed by atoms with E-state index in [0.717, 1.165) is 0 Å². The average molecular weight is 242 g/mol. The van der Waals surface area contributed by atoms with Crippen LogP contribution in [-0.4, -0.2) is 5.71 Å². The minimum Gasteiger partial charge on any atom is -0.229 e. The molecule has 0 aliphatic carbocycles. The second kappa shape index (κ2) is 3.98. The molecular weight excluding hydrogens is 232 g/mol. The lowest BCUT2D eigenvalue weighted by molar-refractivity contribution is 0.614. The summed E-state index contributed by atoms with van der Waals surface area (Å²) in [6.07, 6.45) is 0.335. The second-order valence-electron chi connectivity index (χ2n) is 3.85. The maximum absolute atomic E-state index is 13.8. The van der Waals surface area contributed by atoms with Gasteiger partial charge in [0, 0.05) is 23.3 Å². The van der Waals surface area contributed by atoms with Gasteiger partial charge in [-0.1, -0.05) is 23.7 Å². The Labute approximate surface area is 97.5 Å². The van der Waals surface area contributed by atoms with Crippen LogP contribution < -0.4 is 0 Å². The summed E-state index contributed by atoms with van der Waals surface area (Å²) in [5, 5.41) is 0.0438. The smallest absolute Gasteiger partial charge is 0.217 e. The molecule has 0 atom stereocenters. The van der Waals surface area contributed by atoms with Gasteiger partial charge in [0.2, 0.25) is 5.95 Å². The highest BCUT2D eigenvalue weighted by Crippen LogP contribution is 2.34. The molecule has 0 unspecified atom stereocenters. The van der Waals surface area contributed by atoms with Crippen molar-refractivity contribution in [2.75, 3.05) is 0 Å². The van der Waals surface area contributed by atoms with E-state index in [0.29, 0.717) is 17.7 Å². The molecule has 0 radical (unpaired) electrons. The van der Waals surface area contributed by atoms with Gasteiger partial charge in [-0.05, 0) is 19.4 Å². The van der Waals surface area contributed by atoms with Crippen LogP contribution in [0.1, 0.15) is 24.5 Å². The van der Waals surface area contributed by atoms with Crippen LogP contribution in [0.25, 0.3) is 5.57 Å². The van der Waals surface area contributed by atoms with Crippen LogP contribution in [0.5, 0.6) is 0 Å². The number of benzene rings is 1. The van der Waals surface area contributed by atoms with E-state index >= 15 is 0 Å². The maximum Gasteiger partial charge on any atom is 0.217 e. The minimum atomic E-state index is -0.615. The molecule has 0 saturated carbocycles. The largest absolute Gasteiger partial charge is 0.229 e. The van der Waals surface area contributed by atoms with Crippen molar-refractivity contribution in [2.24, 2.45) is 4.99 Å². The standard InChI is InChI=1S/C12H10ClF2N/c1-6-3-4-8(11(14)10(6)13)9-5-7(2)16-12(9)15/h3-4H,5H2,1-2H3. The fourth-order valence-corrected chi connectivity index (χ4v) is 1.85. The molecule has 1 aliphatic rings. The van der Waals surface area contributed by atoms with Gasteiger partial charge in [-0.15, -0.1) is 0 Å². The molecule has 0 bridgehead atoms. The summed E-state index contributed by atoms with van der Waals surface area (Å²) in [7, 11) is 0. The van der Waals surface area contributed by atoms with Crippen molar-refractivity contribution in [1.29, 1.82) is 0 Å². The van der Waals surface area contributed by atoms with Crippen molar-refractivity contribution < 1.29 is 8.78 Å². The van der Waals surface area contributed by atoms with Crippen LogP contribution in [0.3, 0.4) is 0 Å². The van der Waals surface area contributed by atoms with Gasteiger partial charge in [-0.25, -0.2) is 9.38 Å².